The molecule has 2 rings (SSSR count). The summed E-state index contributed by atoms with van der Waals surface area (Å²) in [5.41, 5.74) is 1.04. The lowest BCUT2D eigenvalue weighted by Gasteiger charge is -2.11. The largest absolute Gasteiger partial charge is 0.353 e. The van der Waals surface area contributed by atoms with Crippen molar-refractivity contribution in [3.05, 3.63) is 18.0 Å². The van der Waals surface area contributed by atoms with Gasteiger partial charge in [-0.05, 0) is 12.5 Å². The summed E-state index contributed by atoms with van der Waals surface area (Å²) in [5, 5.41) is 9.20. The lowest BCUT2D eigenvalue weighted by molar-refractivity contribution is -0.123. The summed E-state index contributed by atoms with van der Waals surface area (Å²) in [6, 6.07) is -0.792. The Morgan fingerprint density at radius 3 is 2.95 bits per heavy atom. The summed E-state index contributed by atoms with van der Waals surface area (Å²) < 4.78 is 27.5. The lowest BCUT2D eigenvalue weighted by Crippen LogP contribution is -2.41. The second-order valence-electron chi connectivity index (χ2n) is 4.57. The van der Waals surface area contributed by atoms with E-state index in [1.807, 2.05) is 13.1 Å². The molecule has 1 aliphatic rings. The van der Waals surface area contributed by atoms with Crippen LogP contribution in [0.2, 0.25) is 0 Å². The first-order valence-electron chi connectivity index (χ1n) is 5.84. The van der Waals surface area contributed by atoms with E-state index in [2.05, 4.69) is 15.7 Å². The summed E-state index contributed by atoms with van der Waals surface area (Å²) >= 11 is 0. The van der Waals surface area contributed by atoms with Gasteiger partial charge in [0.25, 0.3) is 5.92 Å². The second-order valence-corrected chi connectivity index (χ2v) is 4.57. The lowest BCUT2D eigenvalue weighted by atomic mass is 10.2. The van der Waals surface area contributed by atoms with Crippen molar-refractivity contribution in [2.75, 3.05) is 13.1 Å². The fourth-order valence-corrected chi connectivity index (χ4v) is 1.91. The zero-order chi connectivity index (χ0) is 13.2. The van der Waals surface area contributed by atoms with Crippen LogP contribution in [0, 0.1) is 6.92 Å². The molecule has 1 unspecified atom stereocenters. The van der Waals surface area contributed by atoms with Crippen molar-refractivity contribution in [3.8, 4) is 0 Å². The Kier molecular flexibility index (Phi) is 5.25. The third-order valence-electron chi connectivity index (χ3n) is 2.83. The Balaban J connectivity index is 0.00000180. The first-order chi connectivity index (χ1) is 8.46. The van der Waals surface area contributed by atoms with Gasteiger partial charge >= 0.3 is 0 Å². The summed E-state index contributed by atoms with van der Waals surface area (Å²) in [6.07, 6.45) is 3.15. The van der Waals surface area contributed by atoms with Crippen LogP contribution in [0.4, 0.5) is 8.78 Å². The number of aryl methyl sites for hydroxylation is 1. The van der Waals surface area contributed by atoms with E-state index < -0.39 is 24.9 Å². The van der Waals surface area contributed by atoms with Gasteiger partial charge in [0.2, 0.25) is 5.91 Å². The van der Waals surface area contributed by atoms with E-state index in [1.165, 1.54) is 0 Å². The molecule has 0 saturated carbocycles. The zero-order valence-corrected chi connectivity index (χ0v) is 11.3. The number of aromatic nitrogens is 2. The number of hydrogen-bond donors (Lipinski definition) is 2. The first kappa shape index (κ1) is 15.8. The normalized spacial score (nSPS) is 20.9. The van der Waals surface area contributed by atoms with Crippen LogP contribution in [-0.2, 0) is 11.3 Å². The number of rotatable bonds is 4. The Morgan fingerprint density at radius 2 is 2.42 bits per heavy atom. The van der Waals surface area contributed by atoms with Crippen molar-refractivity contribution in [1.82, 2.24) is 20.4 Å². The predicted octanol–water partition coefficient (Wildman–Crippen LogP) is 0.727. The quantitative estimate of drug-likeness (QED) is 0.860. The van der Waals surface area contributed by atoms with Crippen molar-refractivity contribution in [2.24, 2.45) is 0 Å². The van der Waals surface area contributed by atoms with Gasteiger partial charge < -0.3 is 5.32 Å². The summed E-state index contributed by atoms with van der Waals surface area (Å²) in [4.78, 5) is 11.6. The van der Waals surface area contributed by atoms with Crippen molar-refractivity contribution in [3.63, 3.8) is 0 Å². The first-order valence-corrected chi connectivity index (χ1v) is 5.84. The molecule has 1 saturated heterocycles. The molecule has 5 nitrogen and oxygen atoms in total. The maximum Gasteiger partial charge on any atom is 0.262 e. The molecule has 0 aliphatic carbocycles. The number of carbonyl (C=O) groups is 1. The maximum absolute atomic E-state index is 12.9. The number of alkyl halides is 2. The van der Waals surface area contributed by atoms with Crippen LogP contribution in [0.5, 0.6) is 0 Å². The monoisotopic (exact) mass is 294 g/mol. The summed E-state index contributed by atoms with van der Waals surface area (Å²) in [6.45, 7) is 2.41. The highest BCUT2D eigenvalue weighted by Crippen LogP contribution is 2.24. The molecule has 1 aromatic heterocycles. The Bertz CT molecular complexity index is 438. The van der Waals surface area contributed by atoms with Gasteiger partial charge in [0.05, 0.1) is 25.3 Å². The van der Waals surface area contributed by atoms with E-state index in [1.54, 1.807) is 10.9 Å². The minimum absolute atomic E-state index is 0. The van der Waals surface area contributed by atoms with E-state index in [0.717, 1.165) is 5.56 Å². The third kappa shape index (κ3) is 4.43. The van der Waals surface area contributed by atoms with Crippen LogP contribution >= 0.6 is 12.4 Å². The van der Waals surface area contributed by atoms with Crippen molar-refractivity contribution < 1.29 is 13.6 Å². The van der Waals surface area contributed by atoms with Crippen LogP contribution in [0.25, 0.3) is 0 Å². The van der Waals surface area contributed by atoms with Crippen LogP contribution in [0.15, 0.2) is 12.4 Å². The van der Waals surface area contributed by atoms with Gasteiger partial charge in [0.15, 0.2) is 0 Å². The van der Waals surface area contributed by atoms with Crippen LogP contribution in [0.1, 0.15) is 12.0 Å². The molecule has 19 heavy (non-hydrogen) atoms. The molecule has 1 atom stereocenters. The standard InChI is InChI=1S/C11H16F2N4O.ClH/c1-8-5-16-17(6-8)3-2-14-10(18)9-4-11(12,13)7-15-9;/h5-6,9,15H,2-4,7H2,1H3,(H,14,18);1H. The summed E-state index contributed by atoms with van der Waals surface area (Å²) in [7, 11) is 0. The maximum atomic E-state index is 12.9. The topological polar surface area (TPSA) is 59.0 Å². The minimum Gasteiger partial charge on any atom is -0.353 e. The summed E-state index contributed by atoms with van der Waals surface area (Å²) in [5.74, 6) is -3.16. The molecule has 0 bridgehead atoms. The van der Waals surface area contributed by atoms with Crippen molar-refractivity contribution in [2.45, 2.75) is 31.9 Å². The Labute approximate surface area is 116 Å². The highest BCUT2D eigenvalue weighted by molar-refractivity contribution is 5.85. The van der Waals surface area contributed by atoms with Gasteiger partial charge in [-0.3, -0.25) is 14.8 Å². The number of nitrogens with one attached hydrogen (secondary N) is 2. The molecular weight excluding hydrogens is 278 g/mol. The predicted molar refractivity (Wildman–Crippen MR) is 68.6 cm³/mol. The molecule has 0 spiro atoms. The van der Waals surface area contributed by atoms with E-state index in [-0.39, 0.29) is 18.3 Å². The average Bonchev–Trinajstić information content (AvgIpc) is 2.85. The molecule has 1 aliphatic heterocycles. The average molecular weight is 295 g/mol. The number of hydrogen-bond acceptors (Lipinski definition) is 3. The molecule has 1 fully saturated rings. The van der Waals surface area contributed by atoms with Crippen molar-refractivity contribution in [1.29, 1.82) is 0 Å². The minimum atomic E-state index is -2.78. The van der Waals surface area contributed by atoms with E-state index in [0.29, 0.717) is 13.1 Å². The van der Waals surface area contributed by atoms with E-state index in [4.69, 9.17) is 0 Å². The van der Waals surface area contributed by atoms with E-state index >= 15 is 0 Å². The third-order valence-corrected chi connectivity index (χ3v) is 2.83. The highest BCUT2D eigenvalue weighted by Gasteiger charge is 2.42. The van der Waals surface area contributed by atoms with Gasteiger partial charge in [0.1, 0.15) is 0 Å². The fraction of sp³-hybridized carbons (Fsp3) is 0.636. The van der Waals surface area contributed by atoms with E-state index in [9.17, 15) is 13.6 Å². The van der Waals surface area contributed by atoms with Gasteiger partial charge in [-0.15, -0.1) is 12.4 Å². The Morgan fingerprint density at radius 1 is 1.68 bits per heavy atom. The molecule has 2 N–H and O–H groups in total. The second kappa shape index (κ2) is 6.29. The van der Waals surface area contributed by atoms with Crippen LogP contribution in [0.3, 0.4) is 0 Å². The van der Waals surface area contributed by atoms with Gasteiger partial charge in [-0.2, -0.15) is 5.10 Å². The molecule has 1 amide bonds. The number of amides is 1. The fourth-order valence-electron chi connectivity index (χ4n) is 1.91. The molecule has 108 valence electrons. The molecule has 0 aromatic carbocycles. The molecule has 2 heterocycles. The number of halogens is 3. The van der Waals surface area contributed by atoms with Gasteiger partial charge in [-0.25, -0.2) is 8.78 Å². The highest BCUT2D eigenvalue weighted by atomic mass is 35.5. The van der Waals surface area contributed by atoms with Crippen LogP contribution < -0.4 is 10.6 Å². The number of nitrogens with zero attached hydrogens (tertiary/aromatic N) is 2. The number of carbonyl (C=O) groups excluding carboxylic acids is 1. The van der Waals surface area contributed by atoms with Crippen LogP contribution in [-0.4, -0.2) is 40.7 Å². The molecule has 0 radical (unpaired) electrons. The Hall–Kier alpha value is -1.21. The molecule has 8 heteroatoms. The van der Waals surface area contributed by atoms with Gasteiger partial charge in [-0.1, -0.05) is 0 Å². The zero-order valence-electron chi connectivity index (χ0n) is 10.5. The SMILES string of the molecule is Cc1cnn(CCNC(=O)C2CC(F)(F)CN2)c1.Cl. The van der Waals surface area contributed by atoms with Crippen molar-refractivity contribution >= 4 is 18.3 Å². The molecular formula is C11H17ClF2N4O. The smallest absolute Gasteiger partial charge is 0.262 e. The van der Waals surface area contributed by atoms with Gasteiger partial charge in [0, 0.05) is 19.2 Å². The molecule has 1 aromatic rings.